The number of aryl methyl sites for hydroxylation is 1. The standard InChI is InChI=1S/C15H20N2O2/c1-9-6-10(11-8-17-19-14(11)16)13(18-5)12(7-9)15(2,3)4/h6-8H,16H2,1-5H3. The molecule has 2 rings (SSSR count). The average molecular weight is 260 g/mol. The molecule has 2 N–H and O–H groups in total. The molecule has 0 fully saturated rings. The van der Waals surface area contributed by atoms with Gasteiger partial charge in [0.05, 0.1) is 18.9 Å². The fourth-order valence-corrected chi connectivity index (χ4v) is 2.20. The van der Waals surface area contributed by atoms with Crippen LogP contribution >= 0.6 is 0 Å². The van der Waals surface area contributed by atoms with Gasteiger partial charge in [-0.05, 0) is 24.0 Å². The maximum atomic E-state index is 5.82. The van der Waals surface area contributed by atoms with Gasteiger partial charge in [-0.25, -0.2) is 0 Å². The summed E-state index contributed by atoms with van der Waals surface area (Å²) in [5.74, 6) is 1.14. The van der Waals surface area contributed by atoms with Gasteiger partial charge < -0.3 is 15.0 Å². The van der Waals surface area contributed by atoms with Gasteiger partial charge in [0.1, 0.15) is 5.75 Å². The first kappa shape index (κ1) is 13.5. The zero-order valence-corrected chi connectivity index (χ0v) is 12.1. The number of anilines is 1. The molecule has 0 radical (unpaired) electrons. The van der Waals surface area contributed by atoms with E-state index in [4.69, 9.17) is 15.0 Å². The summed E-state index contributed by atoms with van der Waals surface area (Å²) >= 11 is 0. The van der Waals surface area contributed by atoms with Crippen molar-refractivity contribution in [1.82, 2.24) is 5.16 Å². The molecule has 2 aromatic rings. The molecule has 4 heteroatoms. The van der Waals surface area contributed by atoms with Gasteiger partial charge in [-0.2, -0.15) is 0 Å². The second kappa shape index (κ2) is 4.61. The van der Waals surface area contributed by atoms with E-state index in [1.165, 1.54) is 0 Å². The molecule has 0 unspecified atom stereocenters. The highest BCUT2D eigenvalue weighted by Gasteiger charge is 2.24. The fraction of sp³-hybridized carbons (Fsp3) is 0.400. The van der Waals surface area contributed by atoms with E-state index in [1.54, 1.807) is 13.3 Å². The van der Waals surface area contributed by atoms with E-state index in [1.807, 2.05) is 6.07 Å². The van der Waals surface area contributed by atoms with Crippen molar-refractivity contribution in [2.75, 3.05) is 12.8 Å². The summed E-state index contributed by atoms with van der Waals surface area (Å²) in [4.78, 5) is 0. The lowest BCUT2D eigenvalue weighted by atomic mass is 9.83. The molecule has 19 heavy (non-hydrogen) atoms. The van der Waals surface area contributed by atoms with Gasteiger partial charge in [0.15, 0.2) is 0 Å². The molecule has 0 saturated heterocycles. The second-order valence-corrected chi connectivity index (χ2v) is 5.75. The Labute approximate surface area is 113 Å². The minimum absolute atomic E-state index is 0.0158. The minimum Gasteiger partial charge on any atom is -0.496 e. The predicted octanol–water partition coefficient (Wildman–Crippen LogP) is 3.54. The third-order valence-electron chi connectivity index (χ3n) is 3.13. The van der Waals surface area contributed by atoms with Gasteiger partial charge in [0.2, 0.25) is 5.88 Å². The van der Waals surface area contributed by atoms with Crippen LogP contribution in [0, 0.1) is 6.92 Å². The van der Waals surface area contributed by atoms with E-state index in [0.29, 0.717) is 5.88 Å². The molecule has 0 bridgehead atoms. The maximum Gasteiger partial charge on any atom is 0.230 e. The monoisotopic (exact) mass is 260 g/mol. The summed E-state index contributed by atoms with van der Waals surface area (Å²) in [6.45, 7) is 8.53. The summed E-state index contributed by atoms with van der Waals surface area (Å²) in [5.41, 5.74) is 9.79. The summed E-state index contributed by atoms with van der Waals surface area (Å²) in [7, 11) is 1.67. The molecule has 1 heterocycles. The molecule has 1 aromatic carbocycles. The van der Waals surface area contributed by atoms with Crippen molar-refractivity contribution in [1.29, 1.82) is 0 Å². The average Bonchev–Trinajstić information content (AvgIpc) is 2.73. The van der Waals surface area contributed by atoms with E-state index >= 15 is 0 Å². The topological polar surface area (TPSA) is 61.3 Å². The third kappa shape index (κ3) is 2.43. The molecule has 0 amide bonds. The lowest BCUT2D eigenvalue weighted by Gasteiger charge is -2.24. The van der Waals surface area contributed by atoms with Gasteiger partial charge in [-0.3, -0.25) is 0 Å². The van der Waals surface area contributed by atoms with Crippen LogP contribution < -0.4 is 10.5 Å². The Morgan fingerprint density at radius 3 is 2.37 bits per heavy atom. The van der Waals surface area contributed by atoms with Crippen molar-refractivity contribution >= 4 is 5.88 Å². The van der Waals surface area contributed by atoms with Gasteiger partial charge in [-0.15, -0.1) is 0 Å². The normalized spacial score (nSPS) is 11.6. The molecule has 0 saturated carbocycles. The summed E-state index contributed by atoms with van der Waals surface area (Å²) in [5, 5.41) is 3.74. The van der Waals surface area contributed by atoms with Gasteiger partial charge in [-0.1, -0.05) is 32.0 Å². The summed E-state index contributed by atoms with van der Waals surface area (Å²) in [6, 6.07) is 4.18. The van der Waals surface area contributed by atoms with Crippen molar-refractivity contribution < 1.29 is 9.26 Å². The highest BCUT2D eigenvalue weighted by molar-refractivity contribution is 5.79. The van der Waals surface area contributed by atoms with Crippen molar-refractivity contribution in [3.05, 3.63) is 29.5 Å². The molecule has 1 aromatic heterocycles. The Morgan fingerprint density at radius 2 is 1.89 bits per heavy atom. The Bertz CT molecular complexity index is 595. The third-order valence-corrected chi connectivity index (χ3v) is 3.13. The SMILES string of the molecule is COc1c(-c2cnoc2N)cc(C)cc1C(C)(C)C. The number of nitrogens with two attached hydrogens (primary N) is 1. The van der Waals surface area contributed by atoms with Crippen LogP contribution in [0.3, 0.4) is 0 Å². The zero-order chi connectivity index (χ0) is 14.2. The number of rotatable bonds is 2. The van der Waals surface area contributed by atoms with Crippen LogP contribution in [0.15, 0.2) is 22.9 Å². The molecule has 4 nitrogen and oxygen atoms in total. The number of nitrogen functional groups attached to an aromatic ring is 1. The first-order valence-electron chi connectivity index (χ1n) is 6.24. The van der Waals surface area contributed by atoms with E-state index < -0.39 is 0 Å². The van der Waals surface area contributed by atoms with Crippen LogP contribution in [-0.2, 0) is 5.41 Å². The van der Waals surface area contributed by atoms with Gasteiger partial charge >= 0.3 is 0 Å². The molecular formula is C15H20N2O2. The van der Waals surface area contributed by atoms with Crippen LogP contribution in [0.25, 0.3) is 11.1 Å². The number of benzene rings is 1. The van der Waals surface area contributed by atoms with Crippen molar-refractivity contribution in [2.45, 2.75) is 33.1 Å². The van der Waals surface area contributed by atoms with Gasteiger partial charge in [0, 0.05) is 11.1 Å². The van der Waals surface area contributed by atoms with Crippen LogP contribution in [0.2, 0.25) is 0 Å². The first-order chi connectivity index (χ1) is 8.84. The van der Waals surface area contributed by atoms with E-state index in [9.17, 15) is 0 Å². The Balaban J connectivity index is 2.75. The largest absolute Gasteiger partial charge is 0.496 e. The molecule has 102 valence electrons. The van der Waals surface area contributed by atoms with Crippen LogP contribution in [0.4, 0.5) is 5.88 Å². The van der Waals surface area contributed by atoms with E-state index in [-0.39, 0.29) is 5.41 Å². The van der Waals surface area contributed by atoms with Crippen LogP contribution in [0.1, 0.15) is 31.9 Å². The molecule has 0 aliphatic heterocycles. The van der Waals surface area contributed by atoms with Gasteiger partial charge in [0.25, 0.3) is 0 Å². The summed E-state index contributed by atoms with van der Waals surface area (Å²) < 4.78 is 10.6. The number of methoxy groups -OCH3 is 1. The quantitative estimate of drug-likeness (QED) is 0.897. The molecular weight excluding hydrogens is 240 g/mol. The molecule has 0 aliphatic carbocycles. The van der Waals surface area contributed by atoms with Crippen LogP contribution in [-0.4, -0.2) is 12.3 Å². The smallest absolute Gasteiger partial charge is 0.230 e. The number of nitrogens with zero attached hydrogens (tertiary/aromatic N) is 1. The highest BCUT2D eigenvalue weighted by Crippen LogP contribution is 2.41. The number of aromatic nitrogens is 1. The maximum absolute atomic E-state index is 5.82. The second-order valence-electron chi connectivity index (χ2n) is 5.75. The van der Waals surface area contributed by atoms with E-state index in [0.717, 1.165) is 28.0 Å². The van der Waals surface area contributed by atoms with E-state index in [2.05, 4.69) is 38.9 Å². The molecule has 0 aliphatic rings. The Hall–Kier alpha value is -1.97. The minimum atomic E-state index is -0.0158. The highest BCUT2D eigenvalue weighted by atomic mass is 16.5. The Kier molecular flexibility index (Phi) is 3.27. The number of hydrogen-bond acceptors (Lipinski definition) is 4. The van der Waals surface area contributed by atoms with Crippen molar-refractivity contribution in [3.63, 3.8) is 0 Å². The molecule has 0 spiro atoms. The molecule has 0 atom stereocenters. The fourth-order valence-electron chi connectivity index (χ4n) is 2.20. The number of hydrogen-bond donors (Lipinski definition) is 1. The lowest BCUT2D eigenvalue weighted by Crippen LogP contribution is -2.13. The summed E-state index contributed by atoms with van der Waals surface area (Å²) in [6.07, 6.45) is 1.62. The van der Waals surface area contributed by atoms with Crippen molar-refractivity contribution in [3.8, 4) is 16.9 Å². The van der Waals surface area contributed by atoms with Crippen LogP contribution in [0.5, 0.6) is 5.75 Å². The zero-order valence-electron chi connectivity index (χ0n) is 12.1. The predicted molar refractivity (Wildman–Crippen MR) is 76.3 cm³/mol. The number of ether oxygens (including phenoxy) is 1. The van der Waals surface area contributed by atoms with Crippen molar-refractivity contribution in [2.24, 2.45) is 0 Å². The lowest BCUT2D eigenvalue weighted by molar-refractivity contribution is 0.399. The Morgan fingerprint density at radius 1 is 1.21 bits per heavy atom. The first-order valence-corrected chi connectivity index (χ1v) is 6.24.